The van der Waals surface area contributed by atoms with Crippen molar-refractivity contribution >= 4 is 11.0 Å². The molecule has 0 amide bonds. The van der Waals surface area contributed by atoms with Gasteiger partial charge in [0, 0.05) is 19.2 Å². The molecule has 2 heterocycles. The number of ether oxygens (including phenoxy) is 1. The molecule has 0 aliphatic carbocycles. The van der Waals surface area contributed by atoms with Crippen LogP contribution in [0.3, 0.4) is 0 Å². The molecule has 2 atom stereocenters. The second kappa shape index (κ2) is 5.19. The van der Waals surface area contributed by atoms with Crippen molar-refractivity contribution in [2.75, 3.05) is 6.61 Å². The van der Waals surface area contributed by atoms with Crippen molar-refractivity contribution in [2.24, 2.45) is 11.7 Å². The van der Waals surface area contributed by atoms with E-state index in [9.17, 15) is 0 Å². The van der Waals surface area contributed by atoms with Gasteiger partial charge in [0.05, 0.1) is 11.0 Å². The molecule has 2 aromatic rings. The van der Waals surface area contributed by atoms with Gasteiger partial charge in [0.1, 0.15) is 11.9 Å². The van der Waals surface area contributed by atoms with E-state index in [0.717, 1.165) is 29.9 Å². The number of nitrogens with two attached hydrogens (primary N) is 1. The van der Waals surface area contributed by atoms with Gasteiger partial charge in [-0.2, -0.15) is 0 Å². The Labute approximate surface area is 119 Å². The van der Waals surface area contributed by atoms with Crippen molar-refractivity contribution in [3.05, 3.63) is 29.6 Å². The zero-order chi connectivity index (χ0) is 14.3. The molecule has 4 nitrogen and oxygen atoms in total. The number of fused-ring (bicyclic) bond motifs is 1. The standard InChI is InChI=1S/C16H23N3O/c1-10(2)19-14-5-4-12(9-17)8-13(14)18-16(19)15-11(3)6-7-20-15/h4-5,8,10-11,15H,6-7,9,17H2,1-3H3. The Balaban J connectivity index is 2.17. The van der Waals surface area contributed by atoms with E-state index in [1.165, 1.54) is 5.52 Å². The van der Waals surface area contributed by atoms with E-state index in [-0.39, 0.29) is 6.10 Å². The molecule has 4 heteroatoms. The second-order valence-corrected chi connectivity index (χ2v) is 6.02. The molecule has 108 valence electrons. The monoisotopic (exact) mass is 273 g/mol. The number of hydrogen-bond donors (Lipinski definition) is 1. The lowest BCUT2D eigenvalue weighted by Crippen LogP contribution is -2.14. The summed E-state index contributed by atoms with van der Waals surface area (Å²) in [5.74, 6) is 1.59. The summed E-state index contributed by atoms with van der Waals surface area (Å²) in [5, 5.41) is 0. The molecule has 1 fully saturated rings. The van der Waals surface area contributed by atoms with Crippen LogP contribution in [0.1, 0.15) is 50.7 Å². The van der Waals surface area contributed by atoms with Crippen LogP contribution in [0.4, 0.5) is 0 Å². The van der Waals surface area contributed by atoms with Crippen molar-refractivity contribution in [3.63, 3.8) is 0 Å². The third kappa shape index (κ3) is 2.13. The summed E-state index contributed by atoms with van der Waals surface area (Å²) in [4.78, 5) is 4.86. The van der Waals surface area contributed by atoms with Crippen molar-refractivity contribution in [1.29, 1.82) is 0 Å². The van der Waals surface area contributed by atoms with Gasteiger partial charge >= 0.3 is 0 Å². The number of nitrogens with zero attached hydrogens (tertiary/aromatic N) is 2. The first-order valence-corrected chi connectivity index (χ1v) is 7.44. The Morgan fingerprint density at radius 1 is 1.45 bits per heavy atom. The Morgan fingerprint density at radius 3 is 2.85 bits per heavy atom. The summed E-state index contributed by atoms with van der Waals surface area (Å²) < 4.78 is 8.23. The van der Waals surface area contributed by atoms with Crippen LogP contribution in [-0.2, 0) is 11.3 Å². The van der Waals surface area contributed by atoms with E-state index >= 15 is 0 Å². The zero-order valence-electron chi connectivity index (χ0n) is 12.5. The fourth-order valence-electron chi connectivity index (χ4n) is 3.06. The van der Waals surface area contributed by atoms with Crippen molar-refractivity contribution in [1.82, 2.24) is 9.55 Å². The van der Waals surface area contributed by atoms with E-state index < -0.39 is 0 Å². The molecule has 20 heavy (non-hydrogen) atoms. The Hall–Kier alpha value is -1.39. The summed E-state index contributed by atoms with van der Waals surface area (Å²) in [6.07, 6.45) is 1.23. The highest BCUT2D eigenvalue weighted by molar-refractivity contribution is 5.77. The Bertz CT molecular complexity index is 617. The summed E-state index contributed by atoms with van der Waals surface area (Å²) in [7, 11) is 0. The van der Waals surface area contributed by atoms with Gasteiger partial charge in [0.2, 0.25) is 0 Å². The number of benzene rings is 1. The van der Waals surface area contributed by atoms with E-state index in [1.807, 2.05) is 0 Å². The number of imidazole rings is 1. The smallest absolute Gasteiger partial charge is 0.139 e. The molecule has 1 aromatic carbocycles. The largest absolute Gasteiger partial charge is 0.370 e. The molecule has 1 aliphatic heterocycles. The molecule has 1 aromatic heterocycles. The van der Waals surface area contributed by atoms with Gasteiger partial charge < -0.3 is 15.0 Å². The molecule has 0 bridgehead atoms. The van der Waals surface area contributed by atoms with Crippen LogP contribution in [0.2, 0.25) is 0 Å². The number of aromatic nitrogens is 2. The highest BCUT2D eigenvalue weighted by atomic mass is 16.5. The molecule has 3 rings (SSSR count). The zero-order valence-corrected chi connectivity index (χ0v) is 12.5. The van der Waals surface area contributed by atoms with Crippen LogP contribution in [-0.4, -0.2) is 16.2 Å². The predicted molar refractivity (Wildman–Crippen MR) is 80.5 cm³/mol. The minimum absolute atomic E-state index is 0.117. The topological polar surface area (TPSA) is 53.1 Å². The maximum atomic E-state index is 5.92. The van der Waals surface area contributed by atoms with Crippen molar-refractivity contribution < 1.29 is 4.74 Å². The first-order valence-electron chi connectivity index (χ1n) is 7.44. The van der Waals surface area contributed by atoms with E-state index in [1.54, 1.807) is 0 Å². The average Bonchev–Trinajstić information content (AvgIpc) is 3.00. The molecule has 0 spiro atoms. The Kier molecular flexibility index (Phi) is 3.52. The SMILES string of the molecule is CC1CCOC1c1nc2cc(CN)ccc2n1C(C)C. The summed E-state index contributed by atoms with van der Waals surface area (Å²) in [5.41, 5.74) is 9.06. The normalized spacial score (nSPS) is 23.1. The number of hydrogen-bond acceptors (Lipinski definition) is 3. The molecular weight excluding hydrogens is 250 g/mol. The third-order valence-electron chi connectivity index (χ3n) is 4.18. The van der Waals surface area contributed by atoms with Crippen LogP contribution in [0, 0.1) is 5.92 Å². The maximum absolute atomic E-state index is 5.92. The summed E-state index contributed by atoms with van der Waals surface area (Å²) >= 11 is 0. The molecule has 0 radical (unpaired) electrons. The summed E-state index contributed by atoms with van der Waals surface area (Å²) in [6.45, 7) is 8.02. The van der Waals surface area contributed by atoms with Gasteiger partial charge in [-0.25, -0.2) is 4.98 Å². The van der Waals surface area contributed by atoms with Gasteiger partial charge in [-0.3, -0.25) is 0 Å². The quantitative estimate of drug-likeness (QED) is 0.934. The molecule has 2 unspecified atom stereocenters. The second-order valence-electron chi connectivity index (χ2n) is 6.02. The Morgan fingerprint density at radius 2 is 2.25 bits per heavy atom. The fraction of sp³-hybridized carbons (Fsp3) is 0.562. The van der Waals surface area contributed by atoms with Crippen molar-refractivity contribution in [2.45, 2.75) is 45.9 Å². The van der Waals surface area contributed by atoms with Crippen LogP contribution >= 0.6 is 0 Å². The van der Waals surface area contributed by atoms with Gasteiger partial charge in [-0.05, 0) is 43.9 Å². The fourth-order valence-corrected chi connectivity index (χ4v) is 3.06. The van der Waals surface area contributed by atoms with Crippen LogP contribution in [0.15, 0.2) is 18.2 Å². The molecular formula is C16H23N3O. The maximum Gasteiger partial charge on any atom is 0.139 e. The first kappa shape index (κ1) is 13.6. The molecule has 1 saturated heterocycles. The molecule has 1 aliphatic rings. The minimum Gasteiger partial charge on any atom is -0.370 e. The predicted octanol–water partition coefficient (Wildman–Crippen LogP) is 3.17. The minimum atomic E-state index is 0.117. The molecule has 0 saturated carbocycles. The highest BCUT2D eigenvalue weighted by Gasteiger charge is 2.31. The lowest BCUT2D eigenvalue weighted by atomic mass is 10.0. The van der Waals surface area contributed by atoms with Gasteiger partial charge in [-0.1, -0.05) is 13.0 Å². The van der Waals surface area contributed by atoms with Crippen molar-refractivity contribution in [3.8, 4) is 0 Å². The van der Waals surface area contributed by atoms with Crippen LogP contribution in [0.5, 0.6) is 0 Å². The van der Waals surface area contributed by atoms with E-state index in [4.69, 9.17) is 15.5 Å². The van der Waals surface area contributed by atoms with Gasteiger partial charge in [-0.15, -0.1) is 0 Å². The molecule has 2 N–H and O–H groups in total. The highest BCUT2D eigenvalue weighted by Crippen LogP contribution is 2.36. The van der Waals surface area contributed by atoms with E-state index in [0.29, 0.717) is 18.5 Å². The average molecular weight is 273 g/mol. The van der Waals surface area contributed by atoms with Crippen LogP contribution in [0.25, 0.3) is 11.0 Å². The van der Waals surface area contributed by atoms with Gasteiger partial charge in [0.25, 0.3) is 0 Å². The van der Waals surface area contributed by atoms with Gasteiger partial charge in [0.15, 0.2) is 0 Å². The summed E-state index contributed by atoms with van der Waals surface area (Å²) in [6, 6.07) is 6.69. The van der Waals surface area contributed by atoms with E-state index in [2.05, 4.69) is 43.5 Å². The van der Waals surface area contributed by atoms with Crippen LogP contribution < -0.4 is 5.73 Å². The third-order valence-corrected chi connectivity index (χ3v) is 4.18. The first-order chi connectivity index (χ1) is 9.61. The lowest BCUT2D eigenvalue weighted by Gasteiger charge is -2.19. The lowest BCUT2D eigenvalue weighted by molar-refractivity contribution is 0.0838. The number of rotatable bonds is 3.